The van der Waals surface area contributed by atoms with Crippen LogP contribution in [0.25, 0.3) is 10.6 Å². The second-order valence-electron chi connectivity index (χ2n) is 5.12. The van der Waals surface area contributed by atoms with Crippen LogP contribution in [0.4, 0.5) is 0 Å². The zero-order valence-corrected chi connectivity index (χ0v) is 11.5. The van der Waals surface area contributed by atoms with Crippen molar-refractivity contribution in [2.45, 2.75) is 26.2 Å². The van der Waals surface area contributed by atoms with E-state index in [4.69, 9.17) is 5.11 Å². The number of hydrogen-bond acceptors (Lipinski definition) is 3. The summed E-state index contributed by atoms with van der Waals surface area (Å²) in [6.07, 6.45) is 3.35. The number of carboxylic acid groups (broad SMARTS) is 1. The Hall–Kier alpha value is -1.68. The lowest BCUT2D eigenvalue weighted by Gasteiger charge is -2.15. The number of benzene rings is 1. The molecule has 1 aliphatic rings. The number of carbonyl (C=O) groups is 1. The number of aryl methyl sites for hydroxylation is 1. The molecule has 1 aromatic carbocycles. The largest absolute Gasteiger partial charge is 0.478 e. The number of hydrogen-bond donors (Lipinski definition) is 1. The van der Waals surface area contributed by atoms with Crippen molar-refractivity contribution in [1.82, 2.24) is 4.98 Å². The second kappa shape index (κ2) is 4.78. The molecule has 0 bridgehead atoms. The molecule has 1 unspecified atom stereocenters. The van der Waals surface area contributed by atoms with Crippen molar-refractivity contribution in [2.75, 3.05) is 0 Å². The first-order valence-corrected chi connectivity index (χ1v) is 7.27. The van der Waals surface area contributed by atoms with Gasteiger partial charge in [0, 0.05) is 10.4 Å². The molecule has 0 spiro atoms. The molecule has 2 aromatic rings. The molecule has 3 rings (SSSR count). The van der Waals surface area contributed by atoms with Gasteiger partial charge in [-0.2, -0.15) is 0 Å². The van der Waals surface area contributed by atoms with Gasteiger partial charge in [0.2, 0.25) is 0 Å². The molecule has 1 heterocycles. The smallest absolute Gasteiger partial charge is 0.335 e. The minimum atomic E-state index is -0.892. The highest BCUT2D eigenvalue weighted by molar-refractivity contribution is 7.15. The number of fused-ring (bicyclic) bond motifs is 1. The third-order valence-corrected chi connectivity index (χ3v) is 4.71. The Morgan fingerprint density at radius 1 is 1.47 bits per heavy atom. The minimum absolute atomic E-state index is 0.319. The van der Waals surface area contributed by atoms with E-state index in [-0.39, 0.29) is 0 Å². The summed E-state index contributed by atoms with van der Waals surface area (Å²) >= 11 is 1.71. The molecule has 0 saturated carbocycles. The van der Waals surface area contributed by atoms with E-state index in [1.54, 1.807) is 29.5 Å². The van der Waals surface area contributed by atoms with Gasteiger partial charge < -0.3 is 5.11 Å². The van der Waals surface area contributed by atoms with Crippen LogP contribution in [-0.4, -0.2) is 16.1 Å². The highest BCUT2D eigenvalue weighted by atomic mass is 32.1. The zero-order chi connectivity index (χ0) is 13.4. The lowest BCUT2D eigenvalue weighted by molar-refractivity contribution is 0.0697. The van der Waals surface area contributed by atoms with E-state index in [0.717, 1.165) is 29.3 Å². The fraction of sp³-hybridized carbons (Fsp3) is 0.333. The molecule has 0 amide bonds. The van der Waals surface area contributed by atoms with Gasteiger partial charge in [-0.05, 0) is 37.3 Å². The van der Waals surface area contributed by atoms with Crippen LogP contribution in [0.15, 0.2) is 24.3 Å². The summed E-state index contributed by atoms with van der Waals surface area (Å²) in [5.41, 5.74) is 2.44. The molecule has 0 fully saturated rings. The number of nitrogens with zero attached hydrogens (tertiary/aromatic N) is 1. The minimum Gasteiger partial charge on any atom is -0.478 e. The van der Waals surface area contributed by atoms with Gasteiger partial charge in [0.15, 0.2) is 0 Å². The fourth-order valence-electron chi connectivity index (χ4n) is 2.45. The zero-order valence-electron chi connectivity index (χ0n) is 10.7. The molecule has 1 aromatic heterocycles. The molecular weight excluding hydrogens is 258 g/mol. The predicted molar refractivity (Wildman–Crippen MR) is 75.7 cm³/mol. The van der Waals surface area contributed by atoms with Crippen molar-refractivity contribution in [1.29, 1.82) is 0 Å². The van der Waals surface area contributed by atoms with Crippen LogP contribution in [0.5, 0.6) is 0 Å². The van der Waals surface area contributed by atoms with E-state index in [2.05, 4.69) is 11.9 Å². The number of rotatable bonds is 2. The van der Waals surface area contributed by atoms with Crippen molar-refractivity contribution in [3.05, 3.63) is 40.4 Å². The molecule has 0 saturated heterocycles. The third kappa shape index (κ3) is 2.40. The summed E-state index contributed by atoms with van der Waals surface area (Å²) in [5, 5.41) is 9.98. The highest BCUT2D eigenvalue weighted by Gasteiger charge is 2.20. The first-order chi connectivity index (χ1) is 9.13. The molecule has 19 heavy (non-hydrogen) atoms. The SMILES string of the molecule is CC1CCc2nc(-c3cccc(C(=O)O)c3)sc2C1. The van der Waals surface area contributed by atoms with E-state index in [9.17, 15) is 4.79 Å². The maximum absolute atomic E-state index is 11.0. The quantitative estimate of drug-likeness (QED) is 0.909. The Bertz CT molecular complexity index is 633. The molecule has 98 valence electrons. The lowest BCUT2D eigenvalue weighted by atomic mass is 9.93. The van der Waals surface area contributed by atoms with Crippen LogP contribution in [0, 0.1) is 5.92 Å². The van der Waals surface area contributed by atoms with Gasteiger partial charge in [0.1, 0.15) is 5.01 Å². The predicted octanol–water partition coefficient (Wildman–Crippen LogP) is 3.63. The average Bonchev–Trinajstić information content (AvgIpc) is 2.81. The van der Waals surface area contributed by atoms with E-state index < -0.39 is 5.97 Å². The van der Waals surface area contributed by atoms with Crippen LogP contribution in [-0.2, 0) is 12.8 Å². The van der Waals surface area contributed by atoms with E-state index in [1.807, 2.05) is 6.07 Å². The fourth-order valence-corrected chi connectivity index (χ4v) is 3.72. The molecule has 1 atom stereocenters. The second-order valence-corrected chi connectivity index (χ2v) is 6.21. The van der Waals surface area contributed by atoms with Gasteiger partial charge in [0.05, 0.1) is 11.3 Å². The highest BCUT2D eigenvalue weighted by Crippen LogP contribution is 2.34. The summed E-state index contributed by atoms with van der Waals surface area (Å²) in [7, 11) is 0. The van der Waals surface area contributed by atoms with Crippen LogP contribution in [0.3, 0.4) is 0 Å². The first kappa shape index (κ1) is 12.4. The van der Waals surface area contributed by atoms with Crippen molar-refractivity contribution < 1.29 is 9.90 Å². The maximum Gasteiger partial charge on any atom is 0.335 e. The molecule has 4 heteroatoms. The van der Waals surface area contributed by atoms with E-state index in [1.165, 1.54) is 17.0 Å². The maximum atomic E-state index is 11.0. The van der Waals surface area contributed by atoms with E-state index in [0.29, 0.717) is 5.56 Å². The van der Waals surface area contributed by atoms with Gasteiger partial charge in [-0.1, -0.05) is 19.1 Å². The number of carboxylic acids is 1. The Morgan fingerprint density at radius 3 is 3.11 bits per heavy atom. The van der Waals surface area contributed by atoms with Gasteiger partial charge in [-0.15, -0.1) is 11.3 Å². The molecular formula is C15H15NO2S. The summed E-state index contributed by atoms with van der Waals surface area (Å²) in [6.45, 7) is 2.27. The number of aromatic carboxylic acids is 1. The Morgan fingerprint density at radius 2 is 2.32 bits per heavy atom. The van der Waals surface area contributed by atoms with Gasteiger partial charge >= 0.3 is 5.97 Å². The van der Waals surface area contributed by atoms with Crippen LogP contribution < -0.4 is 0 Å². The molecule has 0 radical (unpaired) electrons. The Labute approximate surface area is 115 Å². The average molecular weight is 273 g/mol. The lowest BCUT2D eigenvalue weighted by Crippen LogP contribution is -2.09. The van der Waals surface area contributed by atoms with Crippen molar-refractivity contribution in [3.8, 4) is 10.6 Å². The first-order valence-electron chi connectivity index (χ1n) is 6.46. The monoisotopic (exact) mass is 273 g/mol. The number of aromatic nitrogens is 1. The topological polar surface area (TPSA) is 50.2 Å². The summed E-state index contributed by atoms with van der Waals surface area (Å²) < 4.78 is 0. The van der Waals surface area contributed by atoms with Gasteiger partial charge in [-0.3, -0.25) is 0 Å². The van der Waals surface area contributed by atoms with Gasteiger partial charge in [-0.25, -0.2) is 9.78 Å². The molecule has 0 aliphatic heterocycles. The standard InChI is InChI=1S/C15H15NO2S/c1-9-5-6-12-13(7-9)19-14(16-12)10-3-2-4-11(8-10)15(17)18/h2-4,8-9H,5-7H2,1H3,(H,17,18). The van der Waals surface area contributed by atoms with E-state index >= 15 is 0 Å². The molecule has 1 N–H and O–H groups in total. The summed E-state index contributed by atoms with van der Waals surface area (Å²) in [6, 6.07) is 7.03. The van der Waals surface area contributed by atoms with Crippen molar-refractivity contribution in [2.24, 2.45) is 5.92 Å². The summed E-state index contributed by atoms with van der Waals surface area (Å²) in [5.74, 6) is -0.164. The van der Waals surface area contributed by atoms with Crippen molar-refractivity contribution in [3.63, 3.8) is 0 Å². The van der Waals surface area contributed by atoms with Crippen LogP contribution in [0.1, 0.15) is 34.3 Å². The van der Waals surface area contributed by atoms with Crippen LogP contribution in [0.2, 0.25) is 0 Å². The van der Waals surface area contributed by atoms with Crippen LogP contribution >= 0.6 is 11.3 Å². The Kier molecular flexibility index (Phi) is 3.11. The normalized spacial score (nSPS) is 18.1. The molecule has 3 nitrogen and oxygen atoms in total. The van der Waals surface area contributed by atoms with Gasteiger partial charge in [0.25, 0.3) is 0 Å². The Balaban J connectivity index is 1.99. The number of thiazole rings is 1. The summed E-state index contributed by atoms with van der Waals surface area (Å²) in [4.78, 5) is 17.1. The van der Waals surface area contributed by atoms with Crippen molar-refractivity contribution >= 4 is 17.3 Å². The molecule has 1 aliphatic carbocycles. The third-order valence-electron chi connectivity index (χ3n) is 3.54.